The standard InChI is InChI=1S/C29H32F2N4O5S/c1-15-14-34(28(37)40-29(3,4)5)16(2)21-13-20(33-35(15)21)25-24(26-18(7-10-41-26)27(36)32-25)23-19(31)11-17(30)12-22(23)39-9-8-38-6/h7,10-13,15-16H,8-9,14H2,1-6H3,(H,32,36)/t15-,16-/m0/s1. The first-order valence-electron chi connectivity index (χ1n) is 13.2. The lowest BCUT2D eigenvalue weighted by atomic mass is 9.98. The lowest BCUT2D eigenvalue weighted by molar-refractivity contribution is 0.00865. The van der Waals surface area contributed by atoms with Crippen molar-refractivity contribution in [2.45, 2.75) is 52.3 Å². The Hall–Kier alpha value is -3.77. The number of carbonyl (C=O) groups excluding carboxylic acids is 1. The number of aromatic amines is 1. The Morgan fingerprint density at radius 2 is 1.93 bits per heavy atom. The van der Waals surface area contributed by atoms with Crippen LogP contribution in [0.15, 0.2) is 34.4 Å². The second-order valence-corrected chi connectivity index (χ2v) is 11.9. The lowest BCUT2D eigenvalue weighted by Crippen LogP contribution is -2.45. The van der Waals surface area contributed by atoms with E-state index in [1.807, 2.05) is 34.6 Å². The van der Waals surface area contributed by atoms with Gasteiger partial charge in [0.15, 0.2) is 0 Å². The van der Waals surface area contributed by atoms with Crippen LogP contribution in [0.3, 0.4) is 0 Å². The number of fused-ring (bicyclic) bond motifs is 2. The van der Waals surface area contributed by atoms with Crippen LogP contribution < -0.4 is 10.3 Å². The molecule has 0 aliphatic carbocycles. The van der Waals surface area contributed by atoms with Gasteiger partial charge < -0.3 is 19.2 Å². The number of nitrogens with zero attached hydrogens (tertiary/aromatic N) is 3. The molecule has 5 rings (SSSR count). The summed E-state index contributed by atoms with van der Waals surface area (Å²) in [4.78, 5) is 30.7. The molecular formula is C29H32F2N4O5S. The van der Waals surface area contributed by atoms with Crippen LogP contribution >= 0.6 is 11.3 Å². The van der Waals surface area contributed by atoms with Crippen molar-refractivity contribution in [2.24, 2.45) is 0 Å². The van der Waals surface area contributed by atoms with Crippen molar-refractivity contribution in [3.63, 3.8) is 0 Å². The van der Waals surface area contributed by atoms with E-state index in [2.05, 4.69) is 4.98 Å². The molecule has 3 aromatic heterocycles. The summed E-state index contributed by atoms with van der Waals surface area (Å²) < 4.78 is 48.7. The predicted octanol–water partition coefficient (Wildman–Crippen LogP) is 6.30. The number of amides is 1. The van der Waals surface area contributed by atoms with Gasteiger partial charge in [-0.1, -0.05) is 0 Å². The van der Waals surface area contributed by atoms with E-state index in [4.69, 9.17) is 19.3 Å². The molecule has 0 unspecified atom stereocenters. The third-order valence-electron chi connectivity index (χ3n) is 6.86. The molecule has 1 aliphatic rings. The molecule has 1 N–H and O–H groups in total. The van der Waals surface area contributed by atoms with Crippen LogP contribution in [-0.2, 0) is 9.47 Å². The molecule has 0 bridgehead atoms. The van der Waals surface area contributed by atoms with E-state index in [0.717, 1.165) is 17.8 Å². The minimum absolute atomic E-state index is 0.00338. The number of hydrogen-bond acceptors (Lipinski definition) is 7. The molecule has 2 atom stereocenters. The smallest absolute Gasteiger partial charge is 0.410 e. The molecule has 1 aliphatic heterocycles. The van der Waals surface area contributed by atoms with Crippen molar-refractivity contribution >= 4 is 27.5 Å². The summed E-state index contributed by atoms with van der Waals surface area (Å²) in [7, 11) is 1.50. The molecule has 12 heteroatoms. The van der Waals surface area contributed by atoms with Gasteiger partial charge in [0.1, 0.15) is 35.3 Å². The van der Waals surface area contributed by atoms with Gasteiger partial charge in [-0.3, -0.25) is 14.4 Å². The first-order chi connectivity index (χ1) is 19.4. The topological polar surface area (TPSA) is 98.7 Å². The fourth-order valence-corrected chi connectivity index (χ4v) is 5.99. The Balaban J connectivity index is 1.69. The Kier molecular flexibility index (Phi) is 7.64. The Bertz CT molecular complexity index is 1670. The molecule has 0 fully saturated rings. The van der Waals surface area contributed by atoms with Crippen LogP contribution in [0.5, 0.6) is 5.75 Å². The Morgan fingerprint density at radius 1 is 1.17 bits per heavy atom. The number of halogens is 2. The number of nitrogens with one attached hydrogen (secondary N) is 1. The highest BCUT2D eigenvalue weighted by Gasteiger charge is 2.36. The van der Waals surface area contributed by atoms with Crippen LogP contribution in [-0.4, -0.2) is 58.2 Å². The highest BCUT2D eigenvalue weighted by Crippen LogP contribution is 2.44. The molecule has 1 amide bonds. The van der Waals surface area contributed by atoms with E-state index in [9.17, 15) is 14.0 Å². The quantitative estimate of drug-likeness (QED) is 0.267. The second kappa shape index (κ2) is 10.9. The molecule has 0 spiro atoms. The first kappa shape index (κ1) is 28.7. The summed E-state index contributed by atoms with van der Waals surface area (Å²) in [5, 5.41) is 6.91. The van der Waals surface area contributed by atoms with Gasteiger partial charge in [0, 0.05) is 31.4 Å². The first-order valence-corrected chi connectivity index (χ1v) is 14.1. The number of pyridine rings is 1. The fourth-order valence-electron chi connectivity index (χ4n) is 5.04. The molecule has 0 saturated heterocycles. The maximum atomic E-state index is 15.6. The van der Waals surface area contributed by atoms with E-state index < -0.39 is 29.4 Å². The van der Waals surface area contributed by atoms with Gasteiger partial charge in [0.05, 0.1) is 45.7 Å². The highest BCUT2D eigenvalue weighted by molar-refractivity contribution is 7.17. The molecular weight excluding hydrogens is 554 g/mol. The highest BCUT2D eigenvalue weighted by atomic mass is 32.1. The van der Waals surface area contributed by atoms with Crippen molar-refractivity contribution in [1.29, 1.82) is 0 Å². The van der Waals surface area contributed by atoms with Gasteiger partial charge in [0.25, 0.3) is 5.56 Å². The third-order valence-corrected chi connectivity index (χ3v) is 7.79. The zero-order valence-electron chi connectivity index (χ0n) is 23.7. The number of benzene rings is 1. The lowest BCUT2D eigenvalue weighted by Gasteiger charge is -2.38. The SMILES string of the molecule is COCCOc1cc(F)cc(F)c1-c1c(-c2cc3n(n2)[C@@H](C)CN(C(=O)OC(C)(C)C)[C@H]3C)[nH]c(=O)c2ccsc12. The van der Waals surface area contributed by atoms with Crippen molar-refractivity contribution in [3.8, 4) is 28.3 Å². The van der Waals surface area contributed by atoms with E-state index in [1.165, 1.54) is 18.4 Å². The van der Waals surface area contributed by atoms with Crippen LogP contribution in [0.2, 0.25) is 0 Å². The fraction of sp³-hybridized carbons (Fsp3) is 0.414. The number of carbonyl (C=O) groups is 1. The number of aromatic nitrogens is 3. The number of thiophene rings is 1. The summed E-state index contributed by atoms with van der Waals surface area (Å²) in [5.74, 6) is -1.67. The van der Waals surface area contributed by atoms with E-state index in [-0.39, 0.29) is 41.8 Å². The number of methoxy groups -OCH3 is 1. The summed E-state index contributed by atoms with van der Waals surface area (Å²) in [6, 6.07) is 4.73. The average molecular weight is 587 g/mol. The van der Waals surface area contributed by atoms with Crippen molar-refractivity contribution in [2.75, 3.05) is 26.9 Å². The molecule has 41 heavy (non-hydrogen) atoms. The molecule has 9 nitrogen and oxygen atoms in total. The van der Waals surface area contributed by atoms with Gasteiger partial charge >= 0.3 is 6.09 Å². The van der Waals surface area contributed by atoms with Crippen molar-refractivity contribution in [1.82, 2.24) is 19.7 Å². The van der Waals surface area contributed by atoms with E-state index in [1.54, 1.807) is 27.1 Å². The minimum Gasteiger partial charge on any atom is -0.490 e. The number of hydrogen-bond donors (Lipinski definition) is 1. The zero-order chi connectivity index (χ0) is 29.6. The Morgan fingerprint density at radius 3 is 2.63 bits per heavy atom. The number of H-pyrrole nitrogens is 1. The minimum atomic E-state index is -0.845. The maximum Gasteiger partial charge on any atom is 0.410 e. The average Bonchev–Trinajstić information content (AvgIpc) is 3.55. The van der Waals surface area contributed by atoms with Gasteiger partial charge in [-0.05, 0) is 52.1 Å². The van der Waals surface area contributed by atoms with E-state index >= 15 is 4.39 Å². The Labute approximate surface area is 239 Å². The summed E-state index contributed by atoms with van der Waals surface area (Å²) >= 11 is 1.26. The summed E-state index contributed by atoms with van der Waals surface area (Å²) in [6.07, 6.45) is -0.439. The van der Waals surface area contributed by atoms with Crippen LogP contribution in [0, 0.1) is 11.6 Å². The van der Waals surface area contributed by atoms with Crippen molar-refractivity contribution in [3.05, 3.63) is 57.3 Å². The molecule has 4 aromatic rings. The van der Waals surface area contributed by atoms with E-state index in [0.29, 0.717) is 27.9 Å². The number of rotatable bonds is 6. The normalized spacial score (nSPS) is 17.1. The van der Waals surface area contributed by atoms with Crippen LogP contribution in [0.25, 0.3) is 32.6 Å². The third kappa shape index (κ3) is 5.45. The summed E-state index contributed by atoms with van der Waals surface area (Å²) in [6.45, 7) is 9.87. The predicted molar refractivity (Wildman–Crippen MR) is 152 cm³/mol. The second-order valence-electron chi connectivity index (χ2n) is 11.0. The summed E-state index contributed by atoms with van der Waals surface area (Å²) in [5.41, 5.74) is 0.666. The van der Waals surface area contributed by atoms with Crippen LogP contribution in [0.1, 0.15) is 52.4 Å². The van der Waals surface area contributed by atoms with Gasteiger partial charge in [0.2, 0.25) is 0 Å². The van der Waals surface area contributed by atoms with Crippen LogP contribution in [0.4, 0.5) is 13.6 Å². The molecule has 218 valence electrons. The molecule has 1 aromatic carbocycles. The molecule has 0 saturated carbocycles. The largest absolute Gasteiger partial charge is 0.490 e. The molecule has 4 heterocycles. The number of ether oxygens (including phenoxy) is 3. The zero-order valence-corrected chi connectivity index (χ0v) is 24.5. The van der Waals surface area contributed by atoms with Gasteiger partial charge in [-0.25, -0.2) is 13.6 Å². The molecule has 0 radical (unpaired) electrons. The van der Waals surface area contributed by atoms with Gasteiger partial charge in [-0.15, -0.1) is 11.3 Å². The maximum absolute atomic E-state index is 15.6. The van der Waals surface area contributed by atoms with Gasteiger partial charge in [-0.2, -0.15) is 5.10 Å². The monoisotopic (exact) mass is 586 g/mol. The van der Waals surface area contributed by atoms with Crippen molar-refractivity contribution < 1.29 is 27.8 Å².